The molecule has 1 aromatic heterocycles. The van der Waals surface area contributed by atoms with Crippen molar-refractivity contribution in [3.8, 4) is 5.75 Å². The lowest BCUT2D eigenvalue weighted by molar-refractivity contribution is -0.129. The molecule has 0 bridgehead atoms. The molecule has 0 spiro atoms. The van der Waals surface area contributed by atoms with Crippen LogP contribution in [0, 0.1) is 12.3 Å². The van der Waals surface area contributed by atoms with E-state index in [9.17, 15) is 14.4 Å². The molecule has 0 saturated carbocycles. The highest BCUT2D eigenvalue weighted by Crippen LogP contribution is 2.40. The average Bonchev–Trinajstić information content (AvgIpc) is 2.77. The number of carbonyl (C=O) groups excluding carboxylic acids is 2. The van der Waals surface area contributed by atoms with Gasteiger partial charge in [0.2, 0.25) is 0 Å². The second-order valence-corrected chi connectivity index (χ2v) is 10.5. The topological polar surface area (TPSA) is 73.6 Å². The molecule has 5 heteroatoms. The summed E-state index contributed by atoms with van der Waals surface area (Å²) in [5.41, 5.74) is 5.23. The van der Waals surface area contributed by atoms with Crippen LogP contribution < -0.4 is 10.4 Å². The van der Waals surface area contributed by atoms with E-state index in [2.05, 4.69) is 39.8 Å². The molecule has 1 aliphatic rings. The van der Waals surface area contributed by atoms with Gasteiger partial charge in [-0.05, 0) is 88.1 Å². The normalized spacial score (nSPS) is 16.7. The molecule has 0 aliphatic heterocycles. The standard InChI is InChI=1S/C32H36O5/c1-20(13-14-28-22(3)12-9-15-32(28,6)7)10-8-11-21(2)16-30(34)36-25-17-23(4)26-19-27(24(5)33)31(35)37-29(26)18-25/h8,10-11,13-14,16-19H,9,12,15H2,1-7H3. The number of hydrogen-bond donors (Lipinski definition) is 0. The summed E-state index contributed by atoms with van der Waals surface area (Å²) in [7, 11) is 0. The number of carbonyl (C=O) groups is 2. The molecule has 0 radical (unpaired) electrons. The smallest absolute Gasteiger partial charge is 0.347 e. The van der Waals surface area contributed by atoms with Gasteiger partial charge in [-0.15, -0.1) is 0 Å². The third-order valence-corrected chi connectivity index (χ3v) is 6.75. The van der Waals surface area contributed by atoms with Gasteiger partial charge < -0.3 is 9.15 Å². The highest BCUT2D eigenvalue weighted by molar-refractivity contribution is 5.97. The maximum atomic E-state index is 12.4. The first-order chi connectivity index (χ1) is 17.4. The third kappa shape index (κ3) is 7.16. The molecule has 0 unspecified atom stereocenters. The van der Waals surface area contributed by atoms with Crippen LogP contribution in [-0.2, 0) is 4.79 Å². The predicted octanol–water partition coefficient (Wildman–Crippen LogP) is 7.74. The summed E-state index contributed by atoms with van der Waals surface area (Å²) in [5.74, 6) is -0.634. The van der Waals surface area contributed by atoms with Crippen LogP contribution in [0.1, 0.15) is 76.7 Å². The molecule has 0 fully saturated rings. The summed E-state index contributed by atoms with van der Waals surface area (Å²) in [5, 5.41) is 0.619. The first-order valence-corrected chi connectivity index (χ1v) is 12.6. The van der Waals surface area contributed by atoms with Crippen molar-refractivity contribution in [1.29, 1.82) is 0 Å². The Hall–Kier alpha value is -3.73. The maximum Gasteiger partial charge on any atom is 0.347 e. The van der Waals surface area contributed by atoms with Gasteiger partial charge in [-0.2, -0.15) is 0 Å². The molecule has 1 aromatic carbocycles. The van der Waals surface area contributed by atoms with Crippen LogP contribution in [0.4, 0.5) is 0 Å². The Morgan fingerprint density at radius 2 is 1.76 bits per heavy atom. The van der Waals surface area contributed by atoms with Crippen LogP contribution in [0.15, 0.2) is 86.2 Å². The fourth-order valence-corrected chi connectivity index (χ4v) is 4.68. The van der Waals surface area contributed by atoms with E-state index in [0.29, 0.717) is 5.39 Å². The lowest BCUT2D eigenvalue weighted by Gasteiger charge is -2.32. The number of esters is 1. The van der Waals surface area contributed by atoms with E-state index in [0.717, 1.165) is 16.7 Å². The molecule has 2 aromatic rings. The highest BCUT2D eigenvalue weighted by Gasteiger charge is 2.26. The van der Waals surface area contributed by atoms with Crippen molar-refractivity contribution < 1.29 is 18.7 Å². The van der Waals surface area contributed by atoms with E-state index in [-0.39, 0.29) is 28.1 Å². The van der Waals surface area contributed by atoms with Gasteiger partial charge in [0.15, 0.2) is 5.78 Å². The van der Waals surface area contributed by atoms with Gasteiger partial charge in [-0.3, -0.25) is 4.79 Å². The van der Waals surface area contributed by atoms with E-state index in [1.165, 1.54) is 55.5 Å². The Labute approximate surface area is 218 Å². The first kappa shape index (κ1) is 27.9. The average molecular weight is 501 g/mol. The number of fused-ring (bicyclic) bond motifs is 1. The third-order valence-electron chi connectivity index (χ3n) is 6.75. The summed E-state index contributed by atoms with van der Waals surface area (Å²) in [6, 6.07) is 4.66. The molecular formula is C32H36O5. The van der Waals surface area contributed by atoms with Gasteiger partial charge in [0.05, 0.1) is 0 Å². The quantitative estimate of drug-likeness (QED) is 0.0971. The highest BCUT2D eigenvalue weighted by atomic mass is 16.5. The zero-order chi connectivity index (χ0) is 27.3. The van der Waals surface area contributed by atoms with Crippen molar-refractivity contribution in [3.63, 3.8) is 0 Å². The fraction of sp³-hybridized carbons (Fsp3) is 0.344. The molecule has 194 valence electrons. The van der Waals surface area contributed by atoms with Crippen molar-refractivity contribution in [3.05, 3.63) is 98.5 Å². The van der Waals surface area contributed by atoms with Gasteiger partial charge in [0, 0.05) is 17.5 Å². The zero-order valence-electron chi connectivity index (χ0n) is 22.9. The number of ether oxygens (including phenoxy) is 1. The van der Waals surface area contributed by atoms with Crippen LogP contribution in [0.25, 0.3) is 11.0 Å². The minimum absolute atomic E-state index is 0.00417. The van der Waals surface area contributed by atoms with Crippen LogP contribution in [0.3, 0.4) is 0 Å². The van der Waals surface area contributed by atoms with Gasteiger partial charge in [-0.25, -0.2) is 9.59 Å². The van der Waals surface area contributed by atoms with Crippen molar-refractivity contribution in [1.82, 2.24) is 0 Å². The van der Waals surface area contributed by atoms with E-state index in [1.807, 2.05) is 25.2 Å². The Morgan fingerprint density at radius 3 is 2.43 bits per heavy atom. The fourth-order valence-electron chi connectivity index (χ4n) is 4.68. The van der Waals surface area contributed by atoms with E-state index < -0.39 is 11.6 Å². The van der Waals surface area contributed by atoms with Gasteiger partial charge in [-0.1, -0.05) is 55.4 Å². The molecule has 3 rings (SSSR count). The summed E-state index contributed by atoms with van der Waals surface area (Å²) in [6.07, 6.45) is 15.2. The second kappa shape index (κ2) is 11.5. The molecule has 0 amide bonds. The second-order valence-electron chi connectivity index (χ2n) is 10.5. The Balaban J connectivity index is 1.68. The van der Waals surface area contributed by atoms with Crippen molar-refractivity contribution in [2.24, 2.45) is 5.41 Å². The van der Waals surface area contributed by atoms with Crippen LogP contribution in [0.2, 0.25) is 0 Å². The number of Topliss-reactive ketones (excluding diaryl/α,β-unsaturated/α-hetero) is 1. The summed E-state index contributed by atoms with van der Waals surface area (Å²) in [4.78, 5) is 36.1. The lowest BCUT2D eigenvalue weighted by atomic mass is 9.72. The molecule has 1 aliphatic carbocycles. The number of rotatable bonds is 7. The van der Waals surface area contributed by atoms with Crippen LogP contribution in [0.5, 0.6) is 5.75 Å². The molecule has 0 saturated heterocycles. The summed E-state index contributed by atoms with van der Waals surface area (Å²) < 4.78 is 10.7. The number of aryl methyl sites for hydroxylation is 1. The molecule has 0 atom stereocenters. The van der Waals surface area contributed by atoms with Gasteiger partial charge >= 0.3 is 11.6 Å². The minimum atomic E-state index is -0.712. The van der Waals surface area contributed by atoms with Crippen LogP contribution >= 0.6 is 0 Å². The Bertz CT molecular complexity index is 1440. The predicted molar refractivity (Wildman–Crippen MR) is 149 cm³/mol. The number of hydrogen-bond acceptors (Lipinski definition) is 5. The number of ketones is 1. The largest absolute Gasteiger partial charge is 0.423 e. The van der Waals surface area contributed by atoms with E-state index in [4.69, 9.17) is 9.15 Å². The number of benzene rings is 1. The van der Waals surface area contributed by atoms with Crippen LogP contribution in [-0.4, -0.2) is 11.8 Å². The minimum Gasteiger partial charge on any atom is -0.423 e. The van der Waals surface area contributed by atoms with Crippen molar-refractivity contribution in [2.75, 3.05) is 0 Å². The van der Waals surface area contributed by atoms with Crippen molar-refractivity contribution >= 4 is 22.7 Å². The molecule has 37 heavy (non-hydrogen) atoms. The van der Waals surface area contributed by atoms with E-state index >= 15 is 0 Å². The van der Waals surface area contributed by atoms with E-state index in [1.54, 1.807) is 13.0 Å². The number of allylic oxidation sites excluding steroid dienone is 9. The summed E-state index contributed by atoms with van der Waals surface area (Å²) in [6.45, 7) is 13.8. The zero-order valence-corrected chi connectivity index (χ0v) is 22.9. The monoisotopic (exact) mass is 500 g/mol. The van der Waals surface area contributed by atoms with Gasteiger partial charge in [0.25, 0.3) is 0 Å². The Kier molecular flexibility index (Phi) is 8.69. The maximum absolute atomic E-state index is 12.4. The van der Waals surface area contributed by atoms with Crippen molar-refractivity contribution in [2.45, 2.75) is 67.7 Å². The molecular weight excluding hydrogens is 464 g/mol. The van der Waals surface area contributed by atoms with Gasteiger partial charge in [0.1, 0.15) is 16.9 Å². The Morgan fingerprint density at radius 1 is 1.03 bits per heavy atom. The molecule has 5 nitrogen and oxygen atoms in total. The molecule has 0 N–H and O–H groups in total. The summed E-state index contributed by atoms with van der Waals surface area (Å²) >= 11 is 0. The lowest BCUT2D eigenvalue weighted by Crippen LogP contribution is -2.19. The SMILES string of the molecule is CC(=O)c1cc2c(C)cc(OC(=O)C=C(C)C=CC=C(C)C=CC3=C(C)CCCC3(C)C)cc2oc1=O. The first-order valence-electron chi connectivity index (χ1n) is 12.6. The molecule has 1 heterocycles.